The zero-order chi connectivity index (χ0) is 14.5. The first-order chi connectivity index (χ1) is 9.60. The first-order valence-corrected chi connectivity index (χ1v) is 7.30. The van der Waals surface area contributed by atoms with E-state index in [1.807, 2.05) is 19.1 Å². The summed E-state index contributed by atoms with van der Waals surface area (Å²) in [5.41, 5.74) is 1.59. The fraction of sp³-hybridized carbons (Fsp3) is 0.600. The smallest absolute Gasteiger partial charge is 0.270 e. The molecule has 5 nitrogen and oxygen atoms in total. The highest BCUT2D eigenvalue weighted by Crippen LogP contribution is 2.16. The average Bonchev–Trinajstić information content (AvgIpc) is 2.48. The summed E-state index contributed by atoms with van der Waals surface area (Å²) in [5.74, 6) is -0.0877. The van der Waals surface area contributed by atoms with E-state index in [4.69, 9.17) is 0 Å². The van der Waals surface area contributed by atoms with Crippen molar-refractivity contribution in [3.63, 3.8) is 0 Å². The molecular weight excluding hydrogens is 252 g/mol. The molecule has 1 N–H and O–H groups in total. The van der Waals surface area contributed by atoms with Gasteiger partial charge in [0.1, 0.15) is 5.69 Å². The van der Waals surface area contributed by atoms with Crippen LogP contribution in [0.2, 0.25) is 0 Å². The molecule has 0 aliphatic carbocycles. The van der Waals surface area contributed by atoms with E-state index >= 15 is 0 Å². The molecule has 1 atom stereocenters. The molecule has 0 aromatic carbocycles. The molecule has 1 saturated heterocycles. The topological polar surface area (TPSA) is 48.5 Å². The van der Waals surface area contributed by atoms with Crippen molar-refractivity contribution in [2.75, 3.05) is 38.1 Å². The zero-order valence-corrected chi connectivity index (χ0v) is 12.6. The first kappa shape index (κ1) is 14.8. The number of pyridine rings is 1. The molecule has 110 valence electrons. The van der Waals surface area contributed by atoms with Crippen LogP contribution in [0.25, 0.3) is 0 Å². The minimum atomic E-state index is -0.0877. The molecule has 1 aliphatic rings. The molecule has 1 fully saturated rings. The normalized spacial score (nSPS) is 17.9. The Morgan fingerprint density at radius 2 is 2.10 bits per heavy atom. The Hall–Kier alpha value is -1.62. The Morgan fingerprint density at radius 3 is 2.75 bits per heavy atom. The van der Waals surface area contributed by atoms with Crippen LogP contribution < -0.4 is 10.2 Å². The van der Waals surface area contributed by atoms with Gasteiger partial charge in [0.25, 0.3) is 5.91 Å². The number of nitrogens with zero attached hydrogens (tertiary/aromatic N) is 3. The van der Waals surface area contributed by atoms with Crippen molar-refractivity contribution in [3.05, 3.63) is 24.0 Å². The number of likely N-dealkylation sites (N-methyl/N-ethyl adjacent to an activating group) is 1. The average molecular weight is 276 g/mol. The number of aromatic nitrogens is 1. The van der Waals surface area contributed by atoms with Gasteiger partial charge in [-0.15, -0.1) is 0 Å². The number of carbonyl (C=O) groups excluding carboxylic acids is 1. The van der Waals surface area contributed by atoms with Gasteiger partial charge in [-0.25, -0.2) is 0 Å². The first-order valence-electron chi connectivity index (χ1n) is 7.30. The predicted molar refractivity (Wildman–Crippen MR) is 81.2 cm³/mol. The fourth-order valence-electron chi connectivity index (χ4n) is 2.20. The fourth-order valence-corrected chi connectivity index (χ4v) is 2.20. The highest BCUT2D eigenvalue weighted by molar-refractivity contribution is 5.93. The Morgan fingerprint density at radius 1 is 1.40 bits per heavy atom. The summed E-state index contributed by atoms with van der Waals surface area (Å²) in [7, 11) is 2.13. The molecule has 20 heavy (non-hydrogen) atoms. The lowest BCUT2D eigenvalue weighted by Crippen LogP contribution is -2.44. The Balaban J connectivity index is 2.06. The summed E-state index contributed by atoms with van der Waals surface area (Å²) in [6, 6.07) is 4.05. The van der Waals surface area contributed by atoms with Crippen molar-refractivity contribution in [2.24, 2.45) is 0 Å². The molecule has 1 aliphatic heterocycles. The standard InChI is InChI=1S/C15H24N4O/c1-4-12(2)17-15(20)14-11-13(5-6-16-14)19-9-7-18(3)8-10-19/h5-6,11-12H,4,7-10H2,1-3H3,(H,17,20). The molecule has 0 bridgehead atoms. The quantitative estimate of drug-likeness (QED) is 0.902. The highest BCUT2D eigenvalue weighted by Gasteiger charge is 2.16. The van der Waals surface area contributed by atoms with Crippen molar-refractivity contribution in [3.8, 4) is 0 Å². The number of amides is 1. The Kier molecular flexibility index (Phi) is 4.95. The van der Waals surface area contributed by atoms with Gasteiger partial charge in [0.05, 0.1) is 0 Å². The summed E-state index contributed by atoms with van der Waals surface area (Å²) >= 11 is 0. The van der Waals surface area contributed by atoms with Crippen molar-refractivity contribution >= 4 is 11.6 Å². The maximum Gasteiger partial charge on any atom is 0.270 e. The van der Waals surface area contributed by atoms with Crippen LogP contribution >= 0.6 is 0 Å². The highest BCUT2D eigenvalue weighted by atomic mass is 16.1. The van der Waals surface area contributed by atoms with Crippen LogP contribution in [-0.2, 0) is 0 Å². The van der Waals surface area contributed by atoms with Gasteiger partial charge in [-0.2, -0.15) is 0 Å². The van der Waals surface area contributed by atoms with Crippen LogP contribution in [0.3, 0.4) is 0 Å². The van der Waals surface area contributed by atoms with E-state index in [2.05, 4.69) is 34.1 Å². The van der Waals surface area contributed by atoms with Gasteiger partial charge in [0.15, 0.2) is 0 Å². The molecule has 2 heterocycles. The molecule has 2 rings (SSSR count). The van der Waals surface area contributed by atoms with E-state index in [0.717, 1.165) is 38.3 Å². The van der Waals surface area contributed by atoms with Crippen LogP contribution in [-0.4, -0.2) is 55.1 Å². The maximum atomic E-state index is 12.1. The van der Waals surface area contributed by atoms with E-state index in [-0.39, 0.29) is 11.9 Å². The van der Waals surface area contributed by atoms with Crippen molar-refractivity contribution in [2.45, 2.75) is 26.3 Å². The molecule has 5 heteroatoms. The number of piperazine rings is 1. The van der Waals surface area contributed by atoms with E-state index < -0.39 is 0 Å². The lowest BCUT2D eigenvalue weighted by atomic mass is 10.2. The van der Waals surface area contributed by atoms with Crippen LogP contribution in [0.4, 0.5) is 5.69 Å². The van der Waals surface area contributed by atoms with E-state index in [9.17, 15) is 4.79 Å². The number of anilines is 1. The number of nitrogens with one attached hydrogen (secondary N) is 1. The molecule has 1 unspecified atom stereocenters. The lowest BCUT2D eigenvalue weighted by Gasteiger charge is -2.34. The number of carbonyl (C=O) groups is 1. The predicted octanol–water partition coefficient (Wildman–Crippen LogP) is 1.36. The molecule has 0 saturated carbocycles. The van der Waals surface area contributed by atoms with Crippen molar-refractivity contribution < 1.29 is 4.79 Å². The minimum Gasteiger partial charge on any atom is -0.369 e. The minimum absolute atomic E-state index is 0.0877. The second-order valence-electron chi connectivity index (χ2n) is 5.47. The van der Waals surface area contributed by atoms with E-state index in [1.54, 1.807) is 6.20 Å². The van der Waals surface area contributed by atoms with Crippen molar-refractivity contribution in [1.29, 1.82) is 0 Å². The van der Waals surface area contributed by atoms with Crippen molar-refractivity contribution in [1.82, 2.24) is 15.2 Å². The summed E-state index contributed by atoms with van der Waals surface area (Å²) in [4.78, 5) is 20.9. The third kappa shape index (κ3) is 3.70. The third-order valence-corrected chi connectivity index (χ3v) is 3.83. The second kappa shape index (κ2) is 6.70. The van der Waals surface area contributed by atoms with E-state index in [0.29, 0.717) is 5.69 Å². The SMILES string of the molecule is CCC(C)NC(=O)c1cc(N2CCN(C)CC2)ccn1. The monoisotopic (exact) mass is 276 g/mol. The summed E-state index contributed by atoms with van der Waals surface area (Å²) in [6.45, 7) is 8.15. The Bertz CT molecular complexity index is 455. The second-order valence-corrected chi connectivity index (χ2v) is 5.47. The zero-order valence-electron chi connectivity index (χ0n) is 12.6. The third-order valence-electron chi connectivity index (χ3n) is 3.83. The number of rotatable bonds is 4. The van der Waals surface area contributed by atoms with E-state index in [1.165, 1.54) is 0 Å². The van der Waals surface area contributed by atoms with Crippen LogP contribution in [0.5, 0.6) is 0 Å². The molecule has 0 radical (unpaired) electrons. The largest absolute Gasteiger partial charge is 0.369 e. The summed E-state index contributed by atoms with van der Waals surface area (Å²) < 4.78 is 0. The molecule has 1 amide bonds. The van der Waals surface area contributed by atoms with Crippen LogP contribution in [0.1, 0.15) is 30.8 Å². The number of hydrogen-bond donors (Lipinski definition) is 1. The maximum absolute atomic E-state index is 12.1. The summed E-state index contributed by atoms with van der Waals surface area (Å²) in [5, 5.41) is 2.95. The molecule has 1 aromatic heterocycles. The molecule has 0 spiro atoms. The molecule has 1 aromatic rings. The van der Waals surface area contributed by atoms with Gasteiger partial charge in [0, 0.05) is 44.1 Å². The van der Waals surface area contributed by atoms with Gasteiger partial charge in [-0.05, 0) is 32.5 Å². The van der Waals surface area contributed by atoms with Gasteiger partial charge in [-0.3, -0.25) is 9.78 Å². The van der Waals surface area contributed by atoms with Gasteiger partial charge in [-0.1, -0.05) is 6.92 Å². The van der Waals surface area contributed by atoms with Crippen LogP contribution in [0, 0.1) is 0 Å². The van der Waals surface area contributed by atoms with Crippen LogP contribution in [0.15, 0.2) is 18.3 Å². The van der Waals surface area contributed by atoms with Gasteiger partial charge < -0.3 is 15.1 Å². The Labute approximate surface area is 121 Å². The molecular formula is C15H24N4O. The lowest BCUT2D eigenvalue weighted by molar-refractivity contribution is 0.0934. The van der Waals surface area contributed by atoms with Gasteiger partial charge in [0.2, 0.25) is 0 Å². The number of hydrogen-bond acceptors (Lipinski definition) is 4. The summed E-state index contributed by atoms with van der Waals surface area (Å²) in [6.07, 6.45) is 2.64. The van der Waals surface area contributed by atoms with Gasteiger partial charge >= 0.3 is 0 Å².